The van der Waals surface area contributed by atoms with Gasteiger partial charge < -0.3 is 9.67 Å². The Kier molecular flexibility index (Phi) is 3.05. The standard InChI is InChI=1S/C16H14ClNO/c1-18-14-5-3-2-4-12(14)10-15(18)16(19)11-6-8-13(17)9-7-11/h2-10,16,19H,1H3. The highest BCUT2D eigenvalue weighted by atomic mass is 35.5. The summed E-state index contributed by atoms with van der Waals surface area (Å²) >= 11 is 5.87. The Labute approximate surface area is 116 Å². The van der Waals surface area contributed by atoms with Crippen molar-refractivity contribution in [1.29, 1.82) is 0 Å². The number of aromatic nitrogens is 1. The normalized spacial score (nSPS) is 12.8. The topological polar surface area (TPSA) is 25.2 Å². The number of fused-ring (bicyclic) bond motifs is 1. The fourth-order valence-corrected chi connectivity index (χ4v) is 2.51. The maximum atomic E-state index is 10.5. The molecule has 0 aliphatic heterocycles. The van der Waals surface area contributed by atoms with Gasteiger partial charge >= 0.3 is 0 Å². The van der Waals surface area contributed by atoms with Crippen molar-refractivity contribution in [2.75, 3.05) is 0 Å². The van der Waals surface area contributed by atoms with Gasteiger partial charge in [-0.1, -0.05) is 41.9 Å². The molecular weight excluding hydrogens is 258 g/mol. The molecule has 0 fully saturated rings. The van der Waals surface area contributed by atoms with Crippen molar-refractivity contribution in [3.63, 3.8) is 0 Å². The monoisotopic (exact) mass is 271 g/mol. The van der Waals surface area contributed by atoms with Gasteiger partial charge in [0.2, 0.25) is 0 Å². The fraction of sp³-hybridized carbons (Fsp3) is 0.125. The molecule has 1 N–H and O–H groups in total. The maximum Gasteiger partial charge on any atom is 0.119 e. The van der Waals surface area contributed by atoms with Crippen molar-refractivity contribution < 1.29 is 5.11 Å². The second-order valence-corrected chi connectivity index (χ2v) is 5.08. The van der Waals surface area contributed by atoms with Crippen LogP contribution in [-0.4, -0.2) is 9.67 Å². The largest absolute Gasteiger partial charge is 0.382 e. The Hall–Kier alpha value is -1.77. The smallest absolute Gasteiger partial charge is 0.119 e. The molecule has 1 aromatic heterocycles. The van der Waals surface area contributed by atoms with Crippen LogP contribution in [0.3, 0.4) is 0 Å². The third-order valence-corrected chi connectivity index (χ3v) is 3.71. The third kappa shape index (κ3) is 2.14. The van der Waals surface area contributed by atoms with E-state index in [1.807, 2.05) is 54.1 Å². The molecule has 0 aliphatic carbocycles. The Morgan fingerprint density at radius 3 is 2.42 bits per heavy atom. The van der Waals surface area contributed by atoms with Crippen LogP contribution in [0.15, 0.2) is 54.6 Å². The molecule has 1 atom stereocenters. The molecule has 2 nitrogen and oxygen atoms in total. The second kappa shape index (κ2) is 4.72. The summed E-state index contributed by atoms with van der Waals surface area (Å²) in [7, 11) is 1.97. The van der Waals surface area contributed by atoms with Gasteiger partial charge in [-0.25, -0.2) is 0 Å². The van der Waals surface area contributed by atoms with Crippen LogP contribution >= 0.6 is 11.6 Å². The van der Waals surface area contributed by atoms with E-state index in [1.54, 1.807) is 12.1 Å². The van der Waals surface area contributed by atoms with Crippen LogP contribution in [0, 0.1) is 0 Å². The summed E-state index contributed by atoms with van der Waals surface area (Å²) in [4.78, 5) is 0. The SMILES string of the molecule is Cn1c(C(O)c2ccc(Cl)cc2)cc2ccccc21. The zero-order valence-electron chi connectivity index (χ0n) is 10.5. The number of aryl methyl sites for hydroxylation is 1. The minimum Gasteiger partial charge on any atom is -0.382 e. The van der Waals surface area contributed by atoms with Crippen molar-refractivity contribution >= 4 is 22.5 Å². The molecule has 0 saturated heterocycles. The van der Waals surface area contributed by atoms with E-state index >= 15 is 0 Å². The highest BCUT2D eigenvalue weighted by molar-refractivity contribution is 6.30. The summed E-state index contributed by atoms with van der Waals surface area (Å²) in [5.74, 6) is 0. The van der Waals surface area contributed by atoms with E-state index in [1.165, 1.54) is 0 Å². The van der Waals surface area contributed by atoms with E-state index in [2.05, 4.69) is 0 Å². The van der Waals surface area contributed by atoms with Gasteiger partial charge in [0, 0.05) is 17.6 Å². The number of nitrogens with zero attached hydrogens (tertiary/aromatic N) is 1. The molecule has 1 unspecified atom stereocenters. The highest BCUT2D eigenvalue weighted by Gasteiger charge is 2.15. The molecule has 19 heavy (non-hydrogen) atoms. The molecule has 3 rings (SSSR count). The van der Waals surface area contributed by atoms with Crippen LogP contribution in [0.2, 0.25) is 5.02 Å². The summed E-state index contributed by atoms with van der Waals surface area (Å²) in [6.07, 6.45) is -0.644. The molecule has 0 aliphatic rings. The second-order valence-electron chi connectivity index (χ2n) is 4.64. The first-order chi connectivity index (χ1) is 9.16. The lowest BCUT2D eigenvalue weighted by atomic mass is 10.1. The molecule has 0 radical (unpaired) electrons. The maximum absolute atomic E-state index is 10.5. The van der Waals surface area contributed by atoms with Crippen molar-refractivity contribution in [3.8, 4) is 0 Å². The molecule has 2 aromatic carbocycles. The quantitative estimate of drug-likeness (QED) is 0.751. The van der Waals surface area contributed by atoms with Crippen LogP contribution in [0.25, 0.3) is 10.9 Å². The Balaban J connectivity index is 2.08. The number of para-hydroxylation sites is 1. The van der Waals surface area contributed by atoms with Gasteiger partial charge in [-0.2, -0.15) is 0 Å². The zero-order chi connectivity index (χ0) is 13.4. The van der Waals surface area contributed by atoms with Crippen LogP contribution in [-0.2, 0) is 7.05 Å². The van der Waals surface area contributed by atoms with E-state index in [4.69, 9.17) is 11.6 Å². The van der Waals surface area contributed by atoms with E-state index in [0.29, 0.717) is 5.02 Å². The average Bonchev–Trinajstić information content (AvgIpc) is 2.77. The number of halogens is 1. The number of aliphatic hydroxyl groups excluding tert-OH is 1. The van der Waals surface area contributed by atoms with Gasteiger partial charge in [-0.15, -0.1) is 0 Å². The Morgan fingerprint density at radius 2 is 1.74 bits per heavy atom. The van der Waals surface area contributed by atoms with Crippen molar-refractivity contribution in [1.82, 2.24) is 4.57 Å². The summed E-state index contributed by atoms with van der Waals surface area (Å²) in [6, 6.07) is 17.4. The van der Waals surface area contributed by atoms with Gasteiger partial charge in [0.1, 0.15) is 6.10 Å². The van der Waals surface area contributed by atoms with Crippen LogP contribution in [0.5, 0.6) is 0 Å². The van der Waals surface area contributed by atoms with E-state index in [0.717, 1.165) is 22.2 Å². The number of benzene rings is 2. The first kappa shape index (κ1) is 12.3. The van der Waals surface area contributed by atoms with E-state index in [9.17, 15) is 5.11 Å². The first-order valence-electron chi connectivity index (χ1n) is 6.15. The lowest BCUT2D eigenvalue weighted by Gasteiger charge is -2.12. The number of rotatable bonds is 2. The number of aliphatic hydroxyl groups is 1. The van der Waals surface area contributed by atoms with Crippen LogP contribution in [0.4, 0.5) is 0 Å². The van der Waals surface area contributed by atoms with Gasteiger partial charge in [0.05, 0.1) is 5.69 Å². The summed E-state index contributed by atoms with van der Waals surface area (Å²) < 4.78 is 2.02. The average molecular weight is 272 g/mol. The molecule has 3 aromatic rings. The molecular formula is C16H14ClNO. The third-order valence-electron chi connectivity index (χ3n) is 3.45. The lowest BCUT2D eigenvalue weighted by molar-refractivity contribution is 0.212. The minimum atomic E-state index is -0.644. The molecule has 0 spiro atoms. The minimum absolute atomic E-state index is 0.644. The van der Waals surface area contributed by atoms with Gasteiger partial charge in [0.15, 0.2) is 0 Å². The van der Waals surface area contributed by atoms with Crippen molar-refractivity contribution in [2.45, 2.75) is 6.10 Å². The predicted molar refractivity (Wildman–Crippen MR) is 78.4 cm³/mol. The lowest BCUT2D eigenvalue weighted by Crippen LogP contribution is -2.05. The van der Waals surface area contributed by atoms with Gasteiger partial charge in [0.25, 0.3) is 0 Å². The molecule has 3 heteroatoms. The van der Waals surface area contributed by atoms with E-state index in [-0.39, 0.29) is 0 Å². The van der Waals surface area contributed by atoms with Crippen molar-refractivity contribution in [3.05, 3.63) is 70.9 Å². The summed E-state index contributed by atoms with van der Waals surface area (Å²) in [5.41, 5.74) is 2.84. The number of hydrogen-bond donors (Lipinski definition) is 1. The molecule has 96 valence electrons. The van der Waals surface area contributed by atoms with Crippen LogP contribution < -0.4 is 0 Å². The fourth-order valence-electron chi connectivity index (χ4n) is 2.39. The zero-order valence-corrected chi connectivity index (χ0v) is 11.3. The Morgan fingerprint density at radius 1 is 1.05 bits per heavy atom. The number of hydrogen-bond acceptors (Lipinski definition) is 1. The molecule has 0 bridgehead atoms. The molecule has 0 saturated carbocycles. The molecule has 0 amide bonds. The summed E-state index contributed by atoms with van der Waals surface area (Å²) in [5, 5.41) is 12.3. The van der Waals surface area contributed by atoms with Crippen LogP contribution in [0.1, 0.15) is 17.4 Å². The predicted octanol–water partition coefficient (Wildman–Crippen LogP) is 3.91. The van der Waals surface area contributed by atoms with E-state index < -0.39 is 6.10 Å². The highest BCUT2D eigenvalue weighted by Crippen LogP contribution is 2.28. The summed E-state index contributed by atoms with van der Waals surface area (Å²) in [6.45, 7) is 0. The van der Waals surface area contributed by atoms with Gasteiger partial charge in [-0.3, -0.25) is 0 Å². The first-order valence-corrected chi connectivity index (χ1v) is 6.52. The van der Waals surface area contributed by atoms with Gasteiger partial charge in [-0.05, 0) is 35.2 Å². The molecule has 1 heterocycles. The Bertz CT molecular complexity index is 715. The van der Waals surface area contributed by atoms with Crippen molar-refractivity contribution in [2.24, 2.45) is 7.05 Å².